The van der Waals surface area contributed by atoms with Gasteiger partial charge in [-0.2, -0.15) is 0 Å². The summed E-state index contributed by atoms with van der Waals surface area (Å²) in [6, 6.07) is 19.3. The predicted molar refractivity (Wildman–Crippen MR) is 97.7 cm³/mol. The van der Waals surface area contributed by atoms with Crippen LogP contribution in [-0.4, -0.2) is 17.7 Å². The van der Waals surface area contributed by atoms with Crippen molar-refractivity contribution in [3.8, 4) is 5.69 Å². The Morgan fingerprint density at radius 2 is 1.75 bits per heavy atom. The molecule has 3 nitrogen and oxygen atoms in total. The number of hydrogen-bond donors (Lipinski definition) is 0. The summed E-state index contributed by atoms with van der Waals surface area (Å²) < 4.78 is 8.19. The number of nitrogens with zero attached hydrogens (tertiary/aromatic N) is 2. The number of aryl methyl sites for hydroxylation is 2. The predicted octanol–water partition coefficient (Wildman–Crippen LogP) is 4.63. The highest BCUT2D eigenvalue weighted by molar-refractivity contribution is 5.50. The minimum absolute atomic E-state index is 0.0150. The van der Waals surface area contributed by atoms with Crippen molar-refractivity contribution in [3.05, 3.63) is 83.7 Å². The number of rotatable bonds is 3. The van der Waals surface area contributed by atoms with E-state index in [1.165, 1.54) is 28.1 Å². The second-order valence-electron chi connectivity index (χ2n) is 6.44. The maximum atomic E-state index is 6.02. The van der Waals surface area contributed by atoms with Crippen LogP contribution >= 0.6 is 0 Å². The summed E-state index contributed by atoms with van der Waals surface area (Å²) in [6.45, 7) is 5.91. The minimum Gasteiger partial charge on any atom is -0.352 e. The molecule has 0 unspecified atom stereocenters. The molecule has 1 aliphatic heterocycles. The zero-order valence-electron chi connectivity index (χ0n) is 14.1. The van der Waals surface area contributed by atoms with Gasteiger partial charge in [0.05, 0.1) is 6.61 Å². The average molecular weight is 318 g/mol. The van der Waals surface area contributed by atoms with Gasteiger partial charge in [0.15, 0.2) is 6.23 Å². The summed E-state index contributed by atoms with van der Waals surface area (Å²) in [5.41, 5.74) is 6.13. The van der Waals surface area contributed by atoms with Gasteiger partial charge >= 0.3 is 0 Å². The van der Waals surface area contributed by atoms with Crippen molar-refractivity contribution in [2.75, 3.05) is 18.1 Å². The molecule has 122 valence electrons. The molecule has 0 radical (unpaired) electrons. The fourth-order valence-corrected chi connectivity index (χ4v) is 3.26. The Bertz CT molecular complexity index is 835. The molecule has 0 saturated carbocycles. The molecule has 3 heteroatoms. The number of hydrogen-bond acceptors (Lipinski definition) is 2. The van der Waals surface area contributed by atoms with Crippen LogP contribution in [0, 0.1) is 13.8 Å². The van der Waals surface area contributed by atoms with Gasteiger partial charge in [0.2, 0.25) is 0 Å². The van der Waals surface area contributed by atoms with Crippen molar-refractivity contribution in [2.45, 2.75) is 20.1 Å². The van der Waals surface area contributed by atoms with Gasteiger partial charge in [0, 0.05) is 35.9 Å². The number of benzene rings is 2. The lowest BCUT2D eigenvalue weighted by Gasteiger charge is -2.24. The van der Waals surface area contributed by atoms with E-state index in [0.29, 0.717) is 0 Å². The zero-order valence-corrected chi connectivity index (χ0v) is 14.1. The van der Waals surface area contributed by atoms with Crippen LogP contribution in [0.1, 0.15) is 22.9 Å². The molecule has 3 aromatic rings. The summed E-state index contributed by atoms with van der Waals surface area (Å²) in [5, 5.41) is 0. The van der Waals surface area contributed by atoms with Gasteiger partial charge in [-0.15, -0.1) is 0 Å². The van der Waals surface area contributed by atoms with E-state index < -0.39 is 0 Å². The maximum Gasteiger partial charge on any atom is 0.158 e. The van der Waals surface area contributed by atoms with Gasteiger partial charge in [0.1, 0.15) is 0 Å². The molecule has 0 N–H and O–H groups in total. The summed E-state index contributed by atoms with van der Waals surface area (Å²) in [6.07, 6.45) is 4.27. The molecule has 2 heterocycles. The quantitative estimate of drug-likeness (QED) is 0.700. The first-order valence-corrected chi connectivity index (χ1v) is 8.40. The van der Waals surface area contributed by atoms with E-state index in [9.17, 15) is 0 Å². The average Bonchev–Trinajstić information content (AvgIpc) is 3.24. The Labute approximate surface area is 143 Å². The first-order valence-electron chi connectivity index (χ1n) is 8.40. The largest absolute Gasteiger partial charge is 0.352 e. The first kappa shape index (κ1) is 15.0. The highest BCUT2D eigenvalue weighted by Gasteiger charge is 2.27. The molecule has 1 saturated heterocycles. The fourth-order valence-electron chi connectivity index (χ4n) is 3.26. The van der Waals surface area contributed by atoms with Crippen molar-refractivity contribution in [1.82, 2.24) is 4.57 Å². The van der Waals surface area contributed by atoms with E-state index in [4.69, 9.17) is 4.74 Å². The smallest absolute Gasteiger partial charge is 0.158 e. The van der Waals surface area contributed by atoms with Gasteiger partial charge in [-0.25, -0.2) is 0 Å². The molecule has 1 fully saturated rings. The van der Waals surface area contributed by atoms with Crippen LogP contribution in [0.4, 0.5) is 5.69 Å². The highest BCUT2D eigenvalue weighted by Crippen LogP contribution is 2.32. The fraction of sp³-hybridized carbons (Fsp3) is 0.238. The first-order chi connectivity index (χ1) is 11.7. The number of aromatic nitrogens is 1. The second-order valence-corrected chi connectivity index (χ2v) is 6.44. The van der Waals surface area contributed by atoms with Crippen LogP contribution in [0.2, 0.25) is 0 Å². The summed E-state index contributed by atoms with van der Waals surface area (Å²) in [7, 11) is 0. The van der Waals surface area contributed by atoms with Crippen LogP contribution in [0.3, 0.4) is 0 Å². The van der Waals surface area contributed by atoms with Crippen LogP contribution in [-0.2, 0) is 4.74 Å². The third-order valence-electron chi connectivity index (χ3n) is 4.56. The van der Waals surface area contributed by atoms with E-state index in [1.807, 2.05) is 0 Å². The molecule has 24 heavy (non-hydrogen) atoms. The Kier molecular flexibility index (Phi) is 3.87. The van der Waals surface area contributed by atoms with Crippen LogP contribution in [0.5, 0.6) is 0 Å². The molecule has 1 atom stereocenters. The molecule has 4 rings (SSSR count). The van der Waals surface area contributed by atoms with Crippen molar-refractivity contribution in [2.24, 2.45) is 0 Å². The van der Waals surface area contributed by atoms with Gasteiger partial charge in [-0.05, 0) is 49.7 Å². The second kappa shape index (κ2) is 6.17. The topological polar surface area (TPSA) is 17.4 Å². The third-order valence-corrected chi connectivity index (χ3v) is 4.56. The lowest BCUT2D eigenvalue weighted by Crippen LogP contribution is -2.22. The maximum absolute atomic E-state index is 6.02. The molecule has 0 bridgehead atoms. The Balaban J connectivity index is 1.62. The van der Waals surface area contributed by atoms with Crippen molar-refractivity contribution >= 4 is 5.69 Å². The Hall–Kier alpha value is -2.52. The van der Waals surface area contributed by atoms with E-state index in [2.05, 4.69) is 90.3 Å². The van der Waals surface area contributed by atoms with Crippen molar-refractivity contribution in [1.29, 1.82) is 0 Å². The standard InChI is InChI=1S/C21H22N2O/c1-16-6-8-19(9-7-16)23-12-13-24-21(23)18-10-11-22(15-18)20-5-3-4-17(2)14-20/h3-11,14-15,21H,12-13H2,1-2H3/t21-/m1/s1. The Morgan fingerprint density at radius 1 is 0.917 bits per heavy atom. The Morgan fingerprint density at radius 3 is 2.54 bits per heavy atom. The SMILES string of the molecule is Cc1ccc(N2CCO[C@@H]2c2ccn(-c3cccc(C)c3)c2)cc1. The van der Waals surface area contributed by atoms with Gasteiger partial charge < -0.3 is 14.2 Å². The van der Waals surface area contributed by atoms with E-state index in [-0.39, 0.29) is 6.23 Å². The van der Waals surface area contributed by atoms with Gasteiger partial charge in [0.25, 0.3) is 0 Å². The lowest BCUT2D eigenvalue weighted by molar-refractivity contribution is 0.114. The molecule has 1 aliphatic rings. The van der Waals surface area contributed by atoms with Gasteiger partial charge in [-0.3, -0.25) is 0 Å². The summed E-state index contributed by atoms with van der Waals surface area (Å²) in [5.74, 6) is 0. The number of anilines is 1. The van der Waals surface area contributed by atoms with Crippen LogP contribution in [0.25, 0.3) is 5.69 Å². The third kappa shape index (κ3) is 2.83. The highest BCUT2D eigenvalue weighted by atomic mass is 16.5. The summed E-state index contributed by atoms with van der Waals surface area (Å²) >= 11 is 0. The molecular formula is C21H22N2O. The van der Waals surface area contributed by atoms with Gasteiger partial charge in [-0.1, -0.05) is 29.8 Å². The molecular weight excluding hydrogens is 296 g/mol. The lowest BCUT2D eigenvalue weighted by atomic mass is 10.2. The summed E-state index contributed by atoms with van der Waals surface area (Å²) in [4.78, 5) is 2.33. The minimum atomic E-state index is -0.0150. The van der Waals surface area contributed by atoms with Crippen LogP contribution < -0.4 is 4.90 Å². The van der Waals surface area contributed by atoms with Crippen molar-refractivity contribution in [3.63, 3.8) is 0 Å². The van der Waals surface area contributed by atoms with E-state index in [1.54, 1.807) is 0 Å². The van der Waals surface area contributed by atoms with E-state index in [0.717, 1.165) is 13.2 Å². The molecule has 0 amide bonds. The molecule has 0 aliphatic carbocycles. The monoisotopic (exact) mass is 318 g/mol. The van der Waals surface area contributed by atoms with Crippen LogP contribution in [0.15, 0.2) is 67.0 Å². The molecule has 2 aromatic carbocycles. The number of ether oxygens (including phenoxy) is 1. The molecule has 0 spiro atoms. The van der Waals surface area contributed by atoms with E-state index >= 15 is 0 Å². The molecule has 1 aromatic heterocycles. The zero-order chi connectivity index (χ0) is 16.5. The van der Waals surface area contributed by atoms with Crippen molar-refractivity contribution < 1.29 is 4.74 Å². The normalized spacial score (nSPS) is 17.4.